The molecule has 160 valence electrons. The molecule has 0 aromatic carbocycles. The lowest BCUT2D eigenvalue weighted by atomic mass is 9.78. The monoisotopic (exact) mass is 394 g/mol. The lowest BCUT2D eigenvalue weighted by molar-refractivity contribution is -0.143. The van der Waals surface area contributed by atoms with Crippen molar-refractivity contribution in [3.05, 3.63) is 0 Å². The number of guanidine groups is 1. The summed E-state index contributed by atoms with van der Waals surface area (Å²) in [4.78, 5) is 5.99. The molecule has 0 aromatic heterocycles. The average Bonchev–Trinajstić information content (AvgIpc) is 2.54. The van der Waals surface area contributed by atoms with Crippen LogP contribution in [0.3, 0.4) is 0 Å². The van der Waals surface area contributed by atoms with Gasteiger partial charge in [-0.1, -0.05) is 20.8 Å². The van der Waals surface area contributed by atoms with Crippen LogP contribution in [0.1, 0.15) is 47.0 Å². The Morgan fingerprint density at radius 3 is 2.52 bits per heavy atom. The van der Waals surface area contributed by atoms with Gasteiger partial charge in [0.2, 0.25) is 0 Å². The summed E-state index contributed by atoms with van der Waals surface area (Å²) in [6.45, 7) is 10.9. The Bertz CT molecular complexity index is 449. The predicted octanol–water partition coefficient (Wildman–Crippen LogP) is 3.27. The summed E-state index contributed by atoms with van der Waals surface area (Å²) in [5, 5.41) is 6.43. The molecule has 0 radical (unpaired) electrons. The van der Waals surface area contributed by atoms with Crippen LogP contribution in [0.2, 0.25) is 0 Å². The van der Waals surface area contributed by atoms with Crippen LogP contribution in [0.15, 0.2) is 4.99 Å². The topological polar surface area (TPSA) is 48.9 Å². The second kappa shape index (κ2) is 11.1. The number of hydrogen-bond acceptors (Lipinski definition) is 3. The Kier molecular flexibility index (Phi) is 9.87. The lowest BCUT2D eigenvalue weighted by Gasteiger charge is -2.39. The second-order valence-electron chi connectivity index (χ2n) is 8.41. The molecule has 1 saturated heterocycles. The summed E-state index contributed by atoms with van der Waals surface area (Å²) in [6, 6.07) is 0. The quantitative estimate of drug-likeness (QED) is 0.377. The third kappa shape index (κ3) is 10.2. The highest BCUT2D eigenvalue weighted by atomic mass is 19.4. The van der Waals surface area contributed by atoms with Crippen molar-refractivity contribution in [2.75, 3.05) is 46.4 Å². The van der Waals surface area contributed by atoms with E-state index < -0.39 is 12.7 Å². The number of halogens is 3. The van der Waals surface area contributed by atoms with Gasteiger partial charge in [0.25, 0.3) is 0 Å². The Balaban J connectivity index is 2.47. The molecule has 0 bridgehead atoms. The van der Waals surface area contributed by atoms with Crippen molar-refractivity contribution in [3.8, 4) is 0 Å². The van der Waals surface area contributed by atoms with Gasteiger partial charge in [0.1, 0.15) is 0 Å². The number of nitrogens with one attached hydrogen (secondary N) is 2. The van der Waals surface area contributed by atoms with E-state index in [1.165, 1.54) is 11.9 Å². The first-order valence-electron chi connectivity index (χ1n) is 9.92. The van der Waals surface area contributed by atoms with Crippen LogP contribution in [0.5, 0.6) is 0 Å². The molecule has 27 heavy (non-hydrogen) atoms. The number of aliphatic imine (C=N–C) groups is 1. The maximum absolute atomic E-state index is 12.3. The molecule has 1 aliphatic heterocycles. The molecule has 0 spiro atoms. The van der Waals surface area contributed by atoms with Crippen LogP contribution >= 0.6 is 0 Å². The van der Waals surface area contributed by atoms with Crippen LogP contribution in [0.4, 0.5) is 13.2 Å². The van der Waals surface area contributed by atoms with Crippen molar-refractivity contribution in [2.24, 2.45) is 16.3 Å². The van der Waals surface area contributed by atoms with Gasteiger partial charge in [0, 0.05) is 32.2 Å². The smallest absolute Gasteiger partial charge is 0.377 e. The van der Waals surface area contributed by atoms with Crippen LogP contribution in [-0.4, -0.2) is 69.5 Å². The zero-order valence-corrected chi connectivity index (χ0v) is 17.5. The van der Waals surface area contributed by atoms with Gasteiger partial charge in [-0.15, -0.1) is 0 Å². The normalized spacial score (nSPS) is 22.2. The molecule has 2 atom stereocenters. The van der Waals surface area contributed by atoms with Crippen molar-refractivity contribution in [1.29, 1.82) is 0 Å². The summed E-state index contributed by atoms with van der Waals surface area (Å²) in [7, 11) is 1.49. The maximum Gasteiger partial charge on any atom is 0.401 e. The van der Waals surface area contributed by atoms with Gasteiger partial charge >= 0.3 is 6.18 Å². The first kappa shape index (κ1) is 24.0. The van der Waals surface area contributed by atoms with Crippen LogP contribution in [-0.2, 0) is 4.74 Å². The van der Waals surface area contributed by atoms with E-state index in [4.69, 9.17) is 9.73 Å². The molecule has 8 heteroatoms. The van der Waals surface area contributed by atoms with Gasteiger partial charge in [-0.05, 0) is 45.2 Å². The summed E-state index contributed by atoms with van der Waals surface area (Å²) < 4.78 is 43.0. The van der Waals surface area contributed by atoms with Gasteiger partial charge in [-0.3, -0.25) is 9.89 Å². The maximum atomic E-state index is 12.3. The fourth-order valence-electron chi connectivity index (χ4n) is 3.48. The van der Waals surface area contributed by atoms with E-state index in [1.807, 2.05) is 6.92 Å². The Hall–Kier alpha value is -1.02. The highest BCUT2D eigenvalue weighted by Gasteiger charge is 2.35. The summed E-state index contributed by atoms with van der Waals surface area (Å²) in [5.74, 6) is 1.10. The van der Waals surface area contributed by atoms with Gasteiger partial charge in [-0.2, -0.15) is 13.2 Å². The third-order valence-corrected chi connectivity index (χ3v) is 4.58. The van der Waals surface area contributed by atoms with Crippen molar-refractivity contribution in [2.45, 2.75) is 59.2 Å². The minimum atomic E-state index is -4.15. The molecule has 1 aliphatic rings. The molecule has 5 nitrogen and oxygen atoms in total. The zero-order valence-electron chi connectivity index (χ0n) is 17.5. The molecule has 1 fully saturated rings. The van der Waals surface area contributed by atoms with Crippen LogP contribution in [0.25, 0.3) is 0 Å². The number of rotatable bonds is 8. The molecular formula is C19H37F3N4O. The second-order valence-corrected chi connectivity index (χ2v) is 8.41. The molecule has 0 aliphatic carbocycles. The van der Waals surface area contributed by atoms with Gasteiger partial charge in [0.15, 0.2) is 5.96 Å². The van der Waals surface area contributed by atoms with E-state index in [2.05, 4.69) is 31.4 Å². The molecule has 0 amide bonds. The van der Waals surface area contributed by atoms with Gasteiger partial charge in [-0.25, -0.2) is 0 Å². The van der Waals surface area contributed by atoms with Crippen molar-refractivity contribution < 1.29 is 17.9 Å². The Labute approximate surface area is 162 Å². The fourth-order valence-corrected chi connectivity index (χ4v) is 3.48. The van der Waals surface area contributed by atoms with E-state index in [1.54, 1.807) is 0 Å². The number of alkyl halides is 3. The minimum Gasteiger partial charge on any atom is -0.377 e. The molecule has 2 unspecified atom stereocenters. The van der Waals surface area contributed by atoms with E-state index in [0.29, 0.717) is 37.9 Å². The first-order chi connectivity index (χ1) is 12.5. The first-order valence-corrected chi connectivity index (χ1v) is 9.92. The number of nitrogens with zero attached hydrogens (tertiary/aromatic N) is 2. The molecule has 0 saturated carbocycles. The van der Waals surface area contributed by atoms with Gasteiger partial charge < -0.3 is 15.4 Å². The molecular weight excluding hydrogens is 357 g/mol. The summed E-state index contributed by atoms with van der Waals surface area (Å²) in [5.41, 5.74) is 0.0788. The van der Waals surface area contributed by atoms with E-state index in [0.717, 1.165) is 26.0 Å². The molecule has 0 aromatic rings. The van der Waals surface area contributed by atoms with Crippen molar-refractivity contribution >= 4 is 5.96 Å². The standard InChI is InChI=1S/C19H37F3N4O/c1-6-23-17(24-10-8-11-26(5)14-19(20,21)22)25-13-15-9-7-12-27-16(15)18(2,3)4/h15-16H,6-14H2,1-5H3,(H2,23,24,25). The zero-order chi connectivity index (χ0) is 20.5. The summed E-state index contributed by atoms with van der Waals surface area (Å²) in [6.07, 6.45) is -1.18. The summed E-state index contributed by atoms with van der Waals surface area (Å²) >= 11 is 0. The Morgan fingerprint density at radius 2 is 1.93 bits per heavy atom. The van der Waals surface area contributed by atoms with Crippen LogP contribution in [0, 0.1) is 11.3 Å². The largest absolute Gasteiger partial charge is 0.401 e. The third-order valence-electron chi connectivity index (χ3n) is 4.58. The fraction of sp³-hybridized carbons (Fsp3) is 0.947. The predicted molar refractivity (Wildman–Crippen MR) is 104 cm³/mol. The molecule has 2 N–H and O–H groups in total. The van der Waals surface area contributed by atoms with Crippen LogP contribution < -0.4 is 10.6 Å². The SMILES string of the molecule is CCNC(=NCC1CCCOC1C(C)(C)C)NCCCN(C)CC(F)(F)F. The van der Waals surface area contributed by atoms with E-state index in [9.17, 15) is 13.2 Å². The molecule has 1 rings (SSSR count). The van der Waals surface area contributed by atoms with Gasteiger partial charge in [0.05, 0.1) is 12.6 Å². The highest BCUT2D eigenvalue weighted by Crippen LogP contribution is 2.34. The molecule has 1 heterocycles. The highest BCUT2D eigenvalue weighted by molar-refractivity contribution is 5.79. The average molecular weight is 395 g/mol. The number of ether oxygens (including phenoxy) is 1. The minimum absolute atomic E-state index is 0.0788. The van der Waals surface area contributed by atoms with E-state index >= 15 is 0 Å². The van der Waals surface area contributed by atoms with E-state index in [-0.39, 0.29) is 11.5 Å². The van der Waals surface area contributed by atoms with Crippen molar-refractivity contribution in [3.63, 3.8) is 0 Å². The number of hydrogen-bond donors (Lipinski definition) is 2. The lowest BCUT2D eigenvalue weighted by Crippen LogP contribution is -2.43. The Morgan fingerprint density at radius 1 is 1.22 bits per heavy atom. The van der Waals surface area contributed by atoms with Crippen molar-refractivity contribution in [1.82, 2.24) is 15.5 Å².